The number of aryl methyl sites for hydroxylation is 2. The molecule has 126 valence electrons. The monoisotopic (exact) mass is 344 g/mol. The van der Waals surface area contributed by atoms with Crippen molar-refractivity contribution in [1.82, 2.24) is 20.4 Å². The van der Waals surface area contributed by atoms with Crippen LogP contribution in [0.5, 0.6) is 0 Å². The van der Waals surface area contributed by atoms with Crippen LogP contribution in [0, 0.1) is 13.8 Å². The quantitative estimate of drug-likeness (QED) is 0.926. The van der Waals surface area contributed by atoms with Crippen LogP contribution in [-0.2, 0) is 0 Å². The molecule has 1 aromatic carbocycles. The van der Waals surface area contributed by atoms with Crippen LogP contribution >= 0.6 is 11.3 Å². The molecule has 6 nitrogen and oxygen atoms in total. The molecule has 1 aliphatic heterocycles. The zero-order valence-corrected chi connectivity index (χ0v) is 14.6. The van der Waals surface area contributed by atoms with Crippen LogP contribution < -0.4 is 5.32 Å². The minimum Gasteiger partial charge on any atom is -0.349 e. The Bertz CT molecular complexity index is 733. The van der Waals surface area contributed by atoms with E-state index in [1.807, 2.05) is 38.1 Å². The molecule has 0 atom stereocenters. The summed E-state index contributed by atoms with van der Waals surface area (Å²) < 4.78 is 0. The Labute approximate surface area is 144 Å². The molecule has 2 heterocycles. The fraction of sp³-hybridized carbons (Fsp3) is 0.412. The second-order valence-corrected chi connectivity index (χ2v) is 7.21. The molecule has 1 saturated heterocycles. The molecule has 1 aliphatic rings. The molecule has 7 heteroatoms. The van der Waals surface area contributed by atoms with E-state index in [2.05, 4.69) is 15.5 Å². The van der Waals surface area contributed by atoms with Crippen LogP contribution in [0.1, 0.15) is 43.6 Å². The van der Waals surface area contributed by atoms with Gasteiger partial charge in [-0.2, -0.15) is 0 Å². The van der Waals surface area contributed by atoms with Crippen molar-refractivity contribution in [2.75, 3.05) is 13.1 Å². The molecule has 0 radical (unpaired) electrons. The zero-order valence-electron chi connectivity index (χ0n) is 13.8. The van der Waals surface area contributed by atoms with Gasteiger partial charge in [-0.15, -0.1) is 10.2 Å². The van der Waals surface area contributed by atoms with E-state index in [1.165, 1.54) is 11.3 Å². The Morgan fingerprint density at radius 1 is 1.12 bits per heavy atom. The van der Waals surface area contributed by atoms with E-state index in [9.17, 15) is 9.59 Å². The molecule has 3 rings (SSSR count). The van der Waals surface area contributed by atoms with Gasteiger partial charge in [0.1, 0.15) is 5.01 Å². The maximum Gasteiger partial charge on any atom is 0.284 e. The minimum atomic E-state index is -0.0658. The van der Waals surface area contributed by atoms with Crippen molar-refractivity contribution >= 4 is 23.2 Å². The summed E-state index contributed by atoms with van der Waals surface area (Å²) in [6, 6.07) is 7.63. The lowest BCUT2D eigenvalue weighted by atomic mass is 10.0. The van der Waals surface area contributed by atoms with E-state index >= 15 is 0 Å². The third-order valence-corrected chi connectivity index (χ3v) is 4.97. The molecule has 24 heavy (non-hydrogen) atoms. The maximum absolute atomic E-state index is 12.3. The summed E-state index contributed by atoms with van der Waals surface area (Å²) in [6.45, 7) is 5.07. The molecule has 0 bridgehead atoms. The first-order valence-electron chi connectivity index (χ1n) is 8.00. The van der Waals surface area contributed by atoms with E-state index < -0.39 is 0 Å². The highest BCUT2D eigenvalue weighted by atomic mass is 32.1. The fourth-order valence-corrected chi connectivity index (χ4v) is 3.38. The van der Waals surface area contributed by atoms with Gasteiger partial charge in [0.05, 0.1) is 0 Å². The van der Waals surface area contributed by atoms with Crippen LogP contribution in [0.25, 0.3) is 0 Å². The highest BCUT2D eigenvalue weighted by Gasteiger charge is 2.26. The molecule has 0 aliphatic carbocycles. The van der Waals surface area contributed by atoms with Crippen molar-refractivity contribution in [2.24, 2.45) is 0 Å². The Morgan fingerprint density at radius 3 is 2.38 bits per heavy atom. The van der Waals surface area contributed by atoms with Gasteiger partial charge in [0.15, 0.2) is 0 Å². The summed E-state index contributed by atoms with van der Waals surface area (Å²) in [5.41, 5.74) is 1.80. The normalized spacial score (nSPS) is 15.3. The van der Waals surface area contributed by atoms with Crippen molar-refractivity contribution < 1.29 is 9.59 Å². The second-order valence-electron chi connectivity index (χ2n) is 6.03. The molecule has 0 saturated carbocycles. The number of piperidine rings is 1. The number of nitrogens with zero attached hydrogens (tertiary/aromatic N) is 3. The lowest BCUT2D eigenvalue weighted by Gasteiger charge is -2.31. The zero-order chi connectivity index (χ0) is 17.1. The average molecular weight is 344 g/mol. The van der Waals surface area contributed by atoms with Crippen molar-refractivity contribution in [2.45, 2.75) is 32.7 Å². The van der Waals surface area contributed by atoms with Crippen molar-refractivity contribution in [3.05, 3.63) is 45.4 Å². The lowest BCUT2D eigenvalue weighted by molar-refractivity contribution is 0.0697. The Kier molecular flexibility index (Phi) is 4.89. The van der Waals surface area contributed by atoms with Gasteiger partial charge in [0, 0.05) is 24.7 Å². The predicted molar refractivity (Wildman–Crippen MR) is 92.2 cm³/mol. The standard InChI is InChI=1S/C17H20N4O2S/c1-11-3-5-13(6-4-11)15(22)18-14-7-9-21(10-8-14)17(23)16-20-19-12(2)24-16/h3-6,14H,7-10H2,1-2H3,(H,18,22). The largest absolute Gasteiger partial charge is 0.349 e. The molecule has 0 unspecified atom stereocenters. The molecule has 2 aromatic rings. The van der Waals surface area contributed by atoms with Crippen LogP contribution in [0.4, 0.5) is 0 Å². The average Bonchev–Trinajstić information content (AvgIpc) is 3.02. The molecule has 1 fully saturated rings. The number of aromatic nitrogens is 2. The number of hydrogen-bond donors (Lipinski definition) is 1. The Balaban J connectivity index is 1.52. The van der Waals surface area contributed by atoms with Crippen molar-refractivity contribution in [3.63, 3.8) is 0 Å². The number of rotatable bonds is 3. The number of carbonyl (C=O) groups excluding carboxylic acids is 2. The third kappa shape index (κ3) is 3.79. The summed E-state index contributed by atoms with van der Waals surface area (Å²) in [5.74, 6) is -0.122. The second kappa shape index (κ2) is 7.09. The van der Waals surface area contributed by atoms with Crippen LogP contribution in [-0.4, -0.2) is 46.0 Å². The van der Waals surface area contributed by atoms with Gasteiger partial charge in [-0.3, -0.25) is 9.59 Å². The van der Waals surface area contributed by atoms with Gasteiger partial charge in [-0.25, -0.2) is 0 Å². The van der Waals surface area contributed by atoms with Crippen molar-refractivity contribution in [3.8, 4) is 0 Å². The summed E-state index contributed by atoms with van der Waals surface area (Å²) in [7, 11) is 0. The van der Waals surface area contributed by atoms with Crippen LogP contribution in [0.2, 0.25) is 0 Å². The number of hydrogen-bond acceptors (Lipinski definition) is 5. The highest BCUT2D eigenvalue weighted by molar-refractivity contribution is 7.13. The topological polar surface area (TPSA) is 75.2 Å². The van der Waals surface area contributed by atoms with Gasteiger partial charge < -0.3 is 10.2 Å². The minimum absolute atomic E-state index is 0.0560. The summed E-state index contributed by atoms with van der Waals surface area (Å²) in [6.07, 6.45) is 1.50. The van der Waals surface area contributed by atoms with E-state index in [4.69, 9.17) is 0 Å². The number of likely N-dealkylation sites (tertiary alicyclic amines) is 1. The van der Waals surface area contributed by atoms with Gasteiger partial charge in [0.25, 0.3) is 11.8 Å². The molecule has 1 aromatic heterocycles. The first kappa shape index (κ1) is 16.6. The van der Waals surface area contributed by atoms with Gasteiger partial charge in [-0.05, 0) is 38.8 Å². The maximum atomic E-state index is 12.3. The van der Waals surface area contributed by atoms with Gasteiger partial charge in [-0.1, -0.05) is 29.0 Å². The van der Waals surface area contributed by atoms with Gasteiger partial charge in [0.2, 0.25) is 5.01 Å². The predicted octanol–water partition coefficient (Wildman–Crippen LogP) is 2.19. The summed E-state index contributed by atoms with van der Waals surface area (Å²) in [5, 5.41) is 12.1. The number of carbonyl (C=O) groups is 2. The SMILES string of the molecule is Cc1ccc(C(=O)NC2CCN(C(=O)c3nnc(C)s3)CC2)cc1. The molecular formula is C17H20N4O2S. The van der Waals surface area contributed by atoms with E-state index in [-0.39, 0.29) is 17.9 Å². The fourth-order valence-electron chi connectivity index (χ4n) is 2.72. The Morgan fingerprint density at radius 2 is 1.79 bits per heavy atom. The van der Waals surface area contributed by atoms with E-state index in [0.717, 1.165) is 23.4 Å². The first-order chi connectivity index (χ1) is 11.5. The van der Waals surface area contributed by atoms with E-state index in [0.29, 0.717) is 23.7 Å². The lowest BCUT2D eigenvalue weighted by Crippen LogP contribution is -2.46. The van der Waals surface area contributed by atoms with E-state index in [1.54, 1.807) is 4.90 Å². The van der Waals surface area contributed by atoms with Crippen LogP contribution in [0.3, 0.4) is 0 Å². The number of benzene rings is 1. The smallest absolute Gasteiger partial charge is 0.284 e. The third-order valence-electron chi connectivity index (χ3n) is 4.14. The van der Waals surface area contributed by atoms with Gasteiger partial charge >= 0.3 is 0 Å². The van der Waals surface area contributed by atoms with Crippen LogP contribution in [0.15, 0.2) is 24.3 Å². The number of nitrogens with one attached hydrogen (secondary N) is 1. The summed E-state index contributed by atoms with van der Waals surface area (Å²) in [4.78, 5) is 26.4. The highest BCUT2D eigenvalue weighted by Crippen LogP contribution is 2.17. The first-order valence-corrected chi connectivity index (χ1v) is 8.81. The Hall–Kier alpha value is -2.28. The van der Waals surface area contributed by atoms with Crippen molar-refractivity contribution in [1.29, 1.82) is 0 Å². The molecule has 0 spiro atoms. The number of amides is 2. The summed E-state index contributed by atoms with van der Waals surface area (Å²) >= 11 is 1.32. The molecule has 1 N–H and O–H groups in total. The molecule has 2 amide bonds. The molecular weight excluding hydrogens is 324 g/mol.